The molecule has 60 valence electrons. The van der Waals surface area contributed by atoms with E-state index in [9.17, 15) is 0 Å². The fourth-order valence-electron chi connectivity index (χ4n) is 2.33. The van der Waals surface area contributed by atoms with Crippen molar-refractivity contribution >= 4 is 12.6 Å². The third-order valence-electron chi connectivity index (χ3n) is 3.44. The van der Waals surface area contributed by atoms with Crippen LogP contribution in [0.4, 0.5) is 0 Å². The van der Waals surface area contributed by atoms with Crippen LogP contribution < -0.4 is 0 Å². The Hall–Kier alpha value is -0.160. The Kier molecular flexibility index (Phi) is 1.47. The second-order valence-corrected chi connectivity index (χ2v) is 5.07. The summed E-state index contributed by atoms with van der Waals surface area (Å²) in [7, 11) is 0. The molecule has 3 fully saturated rings. The predicted molar refractivity (Wildman–Crippen MR) is 47.5 cm³/mol. The first-order valence-electron chi connectivity index (χ1n) is 4.32. The van der Waals surface area contributed by atoms with Gasteiger partial charge in [-0.2, -0.15) is 17.9 Å². The lowest BCUT2D eigenvalue weighted by atomic mass is 9.61. The molecular formula is C9H13NS. The van der Waals surface area contributed by atoms with E-state index in [1.54, 1.807) is 0 Å². The molecular weight excluding hydrogens is 154 g/mol. The maximum atomic E-state index is 8.98. The van der Waals surface area contributed by atoms with Crippen molar-refractivity contribution < 1.29 is 0 Å². The standard InChI is InChI=1S/C9H13NS/c10-7-8-1-4-9(11,5-2-8)6-3-8/h11H,1-6H2. The van der Waals surface area contributed by atoms with Crippen LogP contribution in [0.25, 0.3) is 0 Å². The summed E-state index contributed by atoms with van der Waals surface area (Å²) in [4.78, 5) is 0. The Morgan fingerprint density at radius 2 is 1.45 bits per heavy atom. The quantitative estimate of drug-likeness (QED) is 0.551. The van der Waals surface area contributed by atoms with E-state index < -0.39 is 0 Å². The molecule has 0 spiro atoms. The van der Waals surface area contributed by atoms with Gasteiger partial charge in [0.1, 0.15) is 0 Å². The minimum absolute atomic E-state index is 0.0600. The van der Waals surface area contributed by atoms with E-state index in [-0.39, 0.29) is 5.41 Å². The number of hydrogen-bond donors (Lipinski definition) is 1. The number of fused-ring (bicyclic) bond motifs is 3. The monoisotopic (exact) mass is 167 g/mol. The highest BCUT2D eigenvalue weighted by atomic mass is 32.1. The van der Waals surface area contributed by atoms with Gasteiger partial charge in [-0.25, -0.2) is 0 Å². The minimum atomic E-state index is 0.0600. The summed E-state index contributed by atoms with van der Waals surface area (Å²) in [5.74, 6) is 0. The van der Waals surface area contributed by atoms with Gasteiger partial charge >= 0.3 is 0 Å². The van der Waals surface area contributed by atoms with Gasteiger partial charge in [-0.1, -0.05) is 0 Å². The first kappa shape index (κ1) is 7.49. The molecule has 0 amide bonds. The lowest BCUT2D eigenvalue weighted by molar-refractivity contribution is 0.140. The molecule has 0 aromatic heterocycles. The molecule has 0 aromatic carbocycles. The average Bonchev–Trinajstić information content (AvgIpc) is 2.07. The first-order chi connectivity index (χ1) is 5.18. The summed E-state index contributed by atoms with van der Waals surface area (Å²) in [5.41, 5.74) is 0.0600. The van der Waals surface area contributed by atoms with Crippen LogP contribution in [0.3, 0.4) is 0 Å². The van der Waals surface area contributed by atoms with Gasteiger partial charge in [0, 0.05) is 4.75 Å². The van der Waals surface area contributed by atoms with Gasteiger partial charge in [-0.15, -0.1) is 0 Å². The van der Waals surface area contributed by atoms with Crippen LogP contribution in [0, 0.1) is 16.7 Å². The van der Waals surface area contributed by atoms with Gasteiger partial charge in [-0.3, -0.25) is 0 Å². The Labute approximate surface area is 73.2 Å². The SMILES string of the molecule is N#CC12CCC(S)(CC1)CC2. The third kappa shape index (κ3) is 1.06. The largest absolute Gasteiger partial charge is 0.198 e. The fourth-order valence-corrected chi connectivity index (χ4v) is 2.67. The smallest absolute Gasteiger partial charge is 0.0689 e. The van der Waals surface area contributed by atoms with Crippen molar-refractivity contribution in [1.82, 2.24) is 0 Å². The predicted octanol–water partition coefficient (Wildman–Crippen LogP) is 2.53. The summed E-state index contributed by atoms with van der Waals surface area (Å²) in [5, 5.41) is 8.98. The summed E-state index contributed by atoms with van der Waals surface area (Å²) < 4.78 is 0.304. The Balaban J connectivity index is 2.20. The van der Waals surface area contributed by atoms with Crippen molar-refractivity contribution in [3.8, 4) is 6.07 Å². The fraction of sp³-hybridized carbons (Fsp3) is 0.889. The third-order valence-corrected chi connectivity index (χ3v) is 4.11. The van der Waals surface area contributed by atoms with Gasteiger partial charge in [0.15, 0.2) is 0 Å². The molecule has 0 saturated heterocycles. The number of rotatable bonds is 0. The zero-order valence-corrected chi connectivity index (χ0v) is 7.53. The molecule has 0 unspecified atom stereocenters. The lowest BCUT2D eigenvalue weighted by Crippen LogP contribution is -2.41. The summed E-state index contributed by atoms with van der Waals surface area (Å²) >= 11 is 4.65. The molecule has 3 rings (SSSR count). The van der Waals surface area contributed by atoms with E-state index in [1.807, 2.05) is 0 Å². The Morgan fingerprint density at radius 1 is 1.00 bits per heavy atom. The summed E-state index contributed by atoms with van der Waals surface area (Å²) in [6.45, 7) is 0. The molecule has 2 heteroatoms. The van der Waals surface area contributed by atoms with E-state index >= 15 is 0 Å². The maximum Gasteiger partial charge on any atom is 0.0689 e. The molecule has 1 nitrogen and oxygen atoms in total. The normalized spacial score (nSPS) is 48.7. The number of thiol groups is 1. The Bertz CT molecular complexity index is 192. The van der Waals surface area contributed by atoms with Crippen LogP contribution >= 0.6 is 12.6 Å². The lowest BCUT2D eigenvalue weighted by Gasteiger charge is -2.47. The van der Waals surface area contributed by atoms with E-state index in [2.05, 4.69) is 18.7 Å². The molecule has 0 N–H and O–H groups in total. The van der Waals surface area contributed by atoms with Crippen LogP contribution in [0.15, 0.2) is 0 Å². The highest BCUT2D eigenvalue weighted by Crippen LogP contribution is 2.54. The number of nitrogens with zero attached hydrogens (tertiary/aromatic N) is 1. The molecule has 0 aromatic rings. The topological polar surface area (TPSA) is 23.8 Å². The Morgan fingerprint density at radius 3 is 1.82 bits per heavy atom. The molecule has 0 aliphatic heterocycles. The van der Waals surface area contributed by atoms with E-state index in [0.717, 1.165) is 38.5 Å². The van der Waals surface area contributed by atoms with Crippen molar-refractivity contribution in [3.05, 3.63) is 0 Å². The molecule has 0 heterocycles. The van der Waals surface area contributed by atoms with E-state index in [0.29, 0.717) is 4.75 Å². The van der Waals surface area contributed by atoms with Gasteiger partial charge in [0.05, 0.1) is 11.5 Å². The van der Waals surface area contributed by atoms with E-state index in [1.165, 1.54) is 0 Å². The average molecular weight is 167 g/mol. The van der Waals surface area contributed by atoms with Crippen LogP contribution in [-0.4, -0.2) is 4.75 Å². The summed E-state index contributed by atoms with van der Waals surface area (Å²) in [6, 6.07) is 2.49. The van der Waals surface area contributed by atoms with Crippen molar-refractivity contribution in [3.63, 3.8) is 0 Å². The van der Waals surface area contributed by atoms with Crippen LogP contribution in [0.5, 0.6) is 0 Å². The zero-order valence-electron chi connectivity index (χ0n) is 6.64. The molecule has 0 atom stereocenters. The second kappa shape index (κ2) is 2.17. The zero-order chi connectivity index (χ0) is 7.95. The summed E-state index contributed by atoms with van der Waals surface area (Å²) in [6.07, 6.45) is 6.74. The van der Waals surface area contributed by atoms with Gasteiger partial charge < -0.3 is 0 Å². The van der Waals surface area contributed by atoms with Crippen LogP contribution in [0.1, 0.15) is 38.5 Å². The number of nitriles is 1. The van der Waals surface area contributed by atoms with E-state index in [4.69, 9.17) is 5.26 Å². The van der Waals surface area contributed by atoms with Crippen molar-refractivity contribution in [2.45, 2.75) is 43.3 Å². The van der Waals surface area contributed by atoms with Crippen LogP contribution in [0.2, 0.25) is 0 Å². The van der Waals surface area contributed by atoms with Crippen LogP contribution in [-0.2, 0) is 0 Å². The highest BCUT2D eigenvalue weighted by molar-refractivity contribution is 7.81. The maximum absolute atomic E-state index is 8.98. The first-order valence-corrected chi connectivity index (χ1v) is 4.77. The van der Waals surface area contributed by atoms with Gasteiger partial charge in [-0.05, 0) is 38.5 Å². The molecule has 3 saturated carbocycles. The van der Waals surface area contributed by atoms with Gasteiger partial charge in [0.25, 0.3) is 0 Å². The molecule has 0 radical (unpaired) electrons. The molecule has 3 aliphatic carbocycles. The number of hydrogen-bond acceptors (Lipinski definition) is 2. The molecule has 3 aliphatic rings. The highest BCUT2D eigenvalue weighted by Gasteiger charge is 2.46. The molecule has 2 bridgehead atoms. The minimum Gasteiger partial charge on any atom is -0.198 e. The molecule has 11 heavy (non-hydrogen) atoms. The second-order valence-electron chi connectivity index (χ2n) is 4.12. The van der Waals surface area contributed by atoms with Gasteiger partial charge in [0.2, 0.25) is 0 Å². The van der Waals surface area contributed by atoms with Crippen molar-refractivity contribution in [2.75, 3.05) is 0 Å². The van der Waals surface area contributed by atoms with Crippen molar-refractivity contribution in [1.29, 1.82) is 5.26 Å². The van der Waals surface area contributed by atoms with Crippen molar-refractivity contribution in [2.24, 2.45) is 5.41 Å².